The molecule has 0 aliphatic rings. The van der Waals surface area contributed by atoms with E-state index in [0.29, 0.717) is 11.4 Å². The molecule has 0 bridgehead atoms. The van der Waals surface area contributed by atoms with E-state index in [1.165, 1.54) is 0 Å². The monoisotopic (exact) mass is 217 g/mol. The number of hydrogen-bond acceptors (Lipinski definition) is 3. The molecule has 4 heteroatoms. The molecule has 0 radical (unpaired) electrons. The first-order chi connectivity index (χ1) is 7.74. The maximum absolute atomic E-state index is 5.85. The van der Waals surface area contributed by atoms with Crippen molar-refractivity contribution in [2.45, 2.75) is 13.3 Å². The number of imidazole rings is 1. The lowest BCUT2D eigenvalue weighted by molar-refractivity contribution is 0.417. The van der Waals surface area contributed by atoms with Crippen LogP contribution in [-0.4, -0.2) is 17.1 Å². The molecular weight excluding hydrogens is 202 g/mol. The van der Waals surface area contributed by atoms with Crippen molar-refractivity contribution >= 4 is 5.69 Å². The van der Waals surface area contributed by atoms with E-state index in [4.69, 9.17) is 10.5 Å². The van der Waals surface area contributed by atoms with Gasteiger partial charge in [0.15, 0.2) is 0 Å². The number of anilines is 1. The number of nitrogens with one attached hydrogen (secondary N) is 1. The molecule has 2 rings (SSSR count). The Hall–Kier alpha value is -1.97. The smallest absolute Gasteiger partial charge is 0.141 e. The lowest BCUT2D eigenvalue weighted by Gasteiger charge is -2.05. The van der Waals surface area contributed by atoms with Crippen LogP contribution < -0.4 is 10.5 Å². The van der Waals surface area contributed by atoms with Gasteiger partial charge in [0.25, 0.3) is 0 Å². The van der Waals surface area contributed by atoms with Gasteiger partial charge in [-0.15, -0.1) is 0 Å². The van der Waals surface area contributed by atoms with Gasteiger partial charge >= 0.3 is 0 Å². The van der Waals surface area contributed by atoms with Gasteiger partial charge in [-0.1, -0.05) is 6.92 Å². The molecule has 16 heavy (non-hydrogen) atoms. The van der Waals surface area contributed by atoms with Gasteiger partial charge in [-0.2, -0.15) is 0 Å². The first-order valence-electron chi connectivity index (χ1n) is 5.22. The number of benzene rings is 1. The van der Waals surface area contributed by atoms with Crippen LogP contribution in [0.2, 0.25) is 0 Å². The SMILES string of the molecule is CCc1ncc(-c2ccc(OC)c(N)c2)[nH]1. The fourth-order valence-corrected chi connectivity index (χ4v) is 1.59. The molecule has 1 aromatic heterocycles. The van der Waals surface area contributed by atoms with Gasteiger partial charge in [0.2, 0.25) is 0 Å². The molecule has 1 heterocycles. The van der Waals surface area contributed by atoms with Crippen molar-refractivity contribution in [3.63, 3.8) is 0 Å². The molecule has 84 valence electrons. The van der Waals surface area contributed by atoms with Crippen molar-refractivity contribution < 1.29 is 4.74 Å². The van der Waals surface area contributed by atoms with Crippen molar-refractivity contribution in [2.75, 3.05) is 12.8 Å². The Morgan fingerprint density at radius 2 is 2.25 bits per heavy atom. The van der Waals surface area contributed by atoms with Gasteiger partial charge in [-0.05, 0) is 18.2 Å². The third-order valence-electron chi connectivity index (χ3n) is 2.50. The minimum atomic E-state index is 0.632. The number of ether oxygens (including phenoxy) is 1. The second kappa shape index (κ2) is 4.26. The largest absolute Gasteiger partial charge is 0.495 e. The summed E-state index contributed by atoms with van der Waals surface area (Å²) in [6, 6.07) is 5.70. The van der Waals surface area contributed by atoms with Gasteiger partial charge in [0, 0.05) is 12.0 Å². The molecule has 0 aliphatic heterocycles. The number of H-pyrrole nitrogens is 1. The topological polar surface area (TPSA) is 63.9 Å². The van der Waals surface area contributed by atoms with Crippen LogP contribution >= 0.6 is 0 Å². The highest BCUT2D eigenvalue weighted by atomic mass is 16.5. The number of aromatic amines is 1. The molecule has 0 saturated carbocycles. The summed E-state index contributed by atoms with van der Waals surface area (Å²) in [6.07, 6.45) is 2.71. The van der Waals surface area contributed by atoms with Crippen LogP contribution in [0.3, 0.4) is 0 Å². The molecule has 3 N–H and O–H groups in total. The summed E-state index contributed by atoms with van der Waals surface area (Å²) in [5, 5.41) is 0. The lowest BCUT2D eigenvalue weighted by Crippen LogP contribution is -1.92. The van der Waals surface area contributed by atoms with E-state index in [2.05, 4.69) is 16.9 Å². The first kappa shape index (κ1) is 10.5. The van der Waals surface area contributed by atoms with E-state index in [1.54, 1.807) is 7.11 Å². The molecule has 0 aliphatic carbocycles. The number of aryl methyl sites for hydroxylation is 1. The molecule has 0 saturated heterocycles. The Kier molecular flexibility index (Phi) is 2.81. The minimum absolute atomic E-state index is 0.632. The Bertz CT molecular complexity index is 491. The van der Waals surface area contributed by atoms with Crippen LogP contribution in [0.5, 0.6) is 5.75 Å². The summed E-state index contributed by atoms with van der Waals surface area (Å²) in [7, 11) is 1.61. The minimum Gasteiger partial charge on any atom is -0.495 e. The van der Waals surface area contributed by atoms with Crippen LogP contribution in [-0.2, 0) is 6.42 Å². The Morgan fingerprint density at radius 3 is 2.81 bits per heavy atom. The summed E-state index contributed by atoms with van der Waals surface area (Å²) in [6.45, 7) is 2.06. The van der Waals surface area contributed by atoms with E-state index in [0.717, 1.165) is 23.5 Å². The highest BCUT2D eigenvalue weighted by Gasteiger charge is 2.05. The van der Waals surface area contributed by atoms with E-state index >= 15 is 0 Å². The summed E-state index contributed by atoms with van der Waals surface area (Å²) < 4.78 is 5.11. The number of nitrogens with two attached hydrogens (primary N) is 1. The summed E-state index contributed by atoms with van der Waals surface area (Å²) in [5.41, 5.74) is 8.48. The number of nitrogen functional groups attached to an aromatic ring is 1. The van der Waals surface area contributed by atoms with Crippen molar-refractivity contribution in [1.82, 2.24) is 9.97 Å². The van der Waals surface area contributed by atoms with Crippen LogP contribution in [0.4, 0.5) is 5.69 Å². The van der Waals surface area contributed by atoms with E-state index in [-0.39, 0.29) is 0 Å². The Balaban J connectivity index is 2.37. The number of hydrogen-bond donors (Lipinski definition) is 2. The van der Waals surface area contributed by atoms with Gasteiger partial charge in [-0.25, -0.2) is 4.98 Å². The standard InChI is InChI=1S/C12H15N3O/c1-3-12-14-7-10(15-12)8-4-5-11(16-2)9(13)6-8/h4-7H,3,13H2,1-2H3,(H,14,15). The van der Waals surface area contributed by atoms with Crippen LogP contribution in [0.1, 0.15) is 12.7 Å². The number of aromatic nitrogens is 2. The number of nitrogens with zero attached hydrogens (tertiary/aromatic N) is 1. The molecule has 0 unspecified atom stereocenters. The zero-order valence-corrected chi connectivity index (χ0v) is 9.45. The predicted octanol–water partition coefficient (Wildman–Crippen LogP) is 2.23. The molecule has 0 amide bonds. The van der Waals surface area contributed by atoms with Crippen molar-refractivity contribution in [3.8, 4) is 17.0 Å². The van der Waals surface area contributed by atoms with Crippen LogP contribution in [0, 0.1) is 0 Å². The Morgan fingerprint density at radius 1 is 1.44 bits per heavy atom. The normalized spacial score (nSPS) is 10.4. The van der Waals surface area contributed by atoms with E-state index in [1.807, 2.05) is 24.4 Å². The predicted molar refractivity (Wildman–Crippen MR) is 64.4 cm³/mol. The van der Waals surface area contributed by atoms with Crippen LogP contribution in [0.15, 0.2) is 24.4 Å². The van der Waals surface area contributed by atoms with Crippen molar-refractivity contribution in [1.29, 1.82) is 0 Å². The fourth-order valence-electron chi connectivity index (χ4n) is 1.59. The van der Waals surface area contributed by atoms with E-state index in [9.17, 15) is 0 Å². The maximum Gasteiger partial charge on any atom is 0.141 e. The average Bonchev–Trinajstić information content (AvgIpc) is 2.77. The van der Waals surface area contributed by atoms with Gasteiger partial charge in [-0.3, -0.25) is 0 Å². The van der Waals surface area contributed by atoms with Crippen molar-refractivity contribution in [2.24, 2.45) is 0 Å². The molecule has 4 nitrogen and oxygen atoms in total. The molecule has 1 aromatic carbocycles. The second-order valence-corrected chi connectivity index (χ2v) is 3.55. The average molecular weight is 217 g/mol. The molecule has 2 aromatic rings. The Labute approximate surface area is 94.5 Å². The maximum atomic E-state index is 5.85. The van der Waals surface area contributed by atoms with Crippen molar-refractivity contribution in [3.05, 3.63) is 30.2 Å². The third-order valence-corrected chi connectivity index (χ3v) is 2.50. The summed E-state index contributed by atoms with van der Waals surface area (Å²) >= 11 is 0. The molecule has 0 atom stereocenters. The van der Waals surface area contributed by atoms with Gasteiger partial charge < -0.3 is 15.5 Å². The zero-order valence-electron chi connectivity index (χ0n) is 9.45. The highest BCUT2D eigenvalue weighted by molar-refractivity contribution is 5.67. The highest BCUT2D eigenvalue weighted by Crippen LogP contribution is 2.27. The molecule has 0 fully saturated rings. The zero-order chi connectivity index (χ0) is 11.5. The van der Waals surface area contributed by atoms with Crippen LogP contribution in [0.25, 0.3) is 11.3 Å². The second-order valence-electron chi connectivity index (χ2n) is 3.55. The summed E-state index contributed by atoms with van der Waals surface area (Å²) in [4.78, 5) is 7.49. The molecular formula is C12H15N3O. The third kappa shape index (κ3) is 1.86. The first-order valence-corrected chi connectivity index (χ1v) is 5.22. The van der Waals surface area contributed by atoms with Gasteiger partial charge in [0.05, 0.1) is 24.7 Å². The van der Waals surface area contributed by atoms with Gasteiger partial charge in [0.1, 0.15) is 11.6 Å². The lowest BCUT2D eigenvalue weighted by atomic mass is 10.1. The summed E-state index contributed by atoms with van der Waals surface area (Å²) in [5.74, 6) is 1.67. The fraction of sp³-hybridized carbons (Fsp3) is 0.250. The molecule has 0 spiro atoms. The van der Waals surface area contributed by atoms with E-state index < -0.39 is 0 Å². The number of rotatable bonds is 3. The quantitative estimate of drug-likeness (QED) is 0.775. The number of methoxy groups -OCH3 is 1.